The van der Waals surface area contributed by atoms with Gasteiger partial charge in [-0.3, -0.25) is 4.90 Å². The molecular formula is C12H24BrNO. The van der Waals surface area contributed by atoms with Crippen LogP contribution in [0.15, 0.2) is 0 Å². The van der Waals surface area contributed by atoms with Crippen molar-refractivity contribution in [1.29, 1.82) is 0 Å². The number of halogens is 1. The SMILES string of the molecule is Br.C1CCCC(N2CCOCC2)CCC1. The molecule has 2 aliphatic rings. The van der Waals surface area contributed by atoms with Gasteiger partial charge in [0.05, 0.1) is 13.2 Å². The fraction of sp³-hybridized carbons (Fsp3) is 1.00. The van der Waals surface area contributed by atoms with Crippen molar-refractivity contribution < 1.29 is 4.74 Å². The molecule has 0 radical (unpaired) electrons. The highest BCUT2D eigenvalue weighted by Gasteiger charge is 2.20. The summed E-state index contributed by atoms with van der Waals surface area (Å²) in [6.45, 7) is 4.25. The number of rotatable bonds is 1. The molecular weight excluding hydrogens is 254 g/mol. The summed E-state index contributed by atoms with van der Waals surface area (Å²) in [4.78, 5) is 2.66. The maximum Gasteiger partial charge on any atom is 0.0594 e. The second kappa shape index (κ2) is 7.64. The fourth-order valence-corrected chi connectivity index (χ4v) is 2.74. The van der Waals surface area contributed by atoms with Gasteiger partial charge < -0.3 is 4.74 Å². The van der Waals surface area contributed by atoms with Crippen LogP contribution in [0, 0.1) is 0 Å². The van der Waals surface area contributed by atoms with E-state index in [1.54, 1.807) is 0 Å². The van der Waals surface area contributed by atoms with Crippen LogP contribution < -0.4 is 0 Å². The largest absolute Gasteiger partial charge is 0.379 e. The molecule has 0 bridgehead atoms. The summed E-state index contributed by atoms with van der Waals surface area (Å²) in [5, 5.41) is 0. The van der Waals surface area contributed by atoms with E-state index in [9.17, 15) is 0 Å². The molecule has 3 heteroatoms. The first-order chi connectivity index (χ1) is 6.97. The Morgan fingerprint density at radius 1 is 0.800 bits per heavy atom. The number of morpholine rings is 1. The van der Waals surface area contributed by atoms with Crippen molar-refractivity contribution in [1.82, 2.24) is 4.90 Å². The summed E-state index contributed by atoms with van der Waals surface area (Å²) < 4.78 is 5.40. The topological polar surface area (TPSA) is 12.5 Å². The Balaban J connectivity index is 0.00000112. The third-order valence-corrected chi connectivity index (χ3v) is 3.64. The van der Waals surface area contributed by atoms with Crippen molar-refractivity contribution >= 4 is 17.0 Å². The minimum absolute atomic E-state index is 0. The van der Waals surface area contributed by atoms with Gasteiger partial charge in [0, 0.05) is 19.1 Å². The Morgan fingerprint density at radius 3 is 1.93 bits per heavy atom. The molecule has 0 N–H and O–H groups in total. The molecule has 1 heterocycles. The smallest absolute Gasteiger partial charge is 0.0594 e. The Kier molecular flexibility index (Phi) is 6.86. The van der Waals surface area contributed by atoms with Crippen LogP contribution in [0.4, 0.5) is 0 Å². The van der Waals surface area contributed by atoms with Gasteiger partial charge in [0.15, 0.2) is 0 Å². The molecule has 1 aliphatic heterocycles. The fourth-order valence-electron chi connectivity index (χ4n) is 2.74. The van der Waals surface area contributed by atoms with Crippen molar-refractivity contribution in [2.24, 2.45) is 0 Å². The molecule has 0 atom stereocenters. The molecule has 0 unspecified atom stereocenters. The van der Waals surface area contributed by atoms with Gasteiger partial charge in [-0.1, -0.05) is 32.1 Å². The third-order valence-electron chi connectivity index (χ3n) is 3.64. The van der Waals surface area contributed by atoms with E-state index < -0.39 is 0 Å². The molecule has 0 aromatic rings. The minimum atomic E-state index is 0. The summed E-state index contributed by atoms with van der Waals surface area (Å²) in [5.41, 5.74) is 0. The Bertz CT molecular complexity index is 152. The molecule has 2 nitrogen and oxygen atoms in total. The van der Waals surface area contributed by atoms with Gasteiger partial charge in [0.2, 0.25) is 0 Å². The zero-order valence-electron chi connectivity index (χ0n) is 9.62. The molecule has 0 spiro atoms. The monoisotopic (exact) mass is 277 g/mol. The molecule has 0 aromatic heterocycles. The highest BCUT2D eigenvalue weighted by atomic mass is 79.9. The lowest BCUT2D eigenvalue weighted by atomic mass is 9.95. The summed E-state index contributed by atoms with van der Waals surface area (Å²) >= 11 is 0. The minimum Gasteiger partial charge on any atom is -0.379 e. The van der Waals surface area contributed by atoms with Crippen molar-refractivity contribution in [2.75, 3.05) is 26.3 Å². The van der Waals surface area contributed by atoms with Crippen molar-refractivity contribution in [3.8, 4) is 0 Å². The van der Waals surface area contributed by atoms with Crippen LogP contribution in [0.1, 0.15) is 44.9 Å². The van der Waals surface area contributed by atoms with Gasteiger partial charge in [0.25, 0.3) is 0 Å². The van der Waals surface area contributed by atoms with E-state index in [-0.39, 0.29) is 17.0 Å². The van der Waals surface area contributed by atoms with E-state index in [4.69, 9.17) is 4.74 Å². The Morgan fingerprint density at radius 2 is 1.33 bits per heavy atom. The molecule has 0 aromatic carbocycles. The van der Waals surface area contributed by atoms with Gasteiger partial charge in [-0.05, 0) is 12.8 Å². The zero-order valence-corrected chi connectivity index (χ0v) is 11.3. The normalized spacial score (nSPS) is 26.4. The van der Waals surface area contributed by atoms with Gasteiger partial charge in [-0.15, -0.1) is 17.0 Å². The molecule has 1 aliphatic carbocycles. The highest BCUT2D eigenvalue weighted by Crippen LogP contribution is 2.21. The molecule has 15 heavy (non-hydrogen) atoms. The third kappa shape index (κ3) is 4.41. The summed E-state index contributed by atoms with van der Waals surface area (Å²) in [5.74, 6) is 0. The molecule has 2 fully saturated rings. The average Bonchev–Trinajstić information content (AvgIpc) is 2.18. The predicted molar refractivity (Wildman–Crippen MR) is 68.8 cm³/mol. The average molecular weight is 278 g/mol. The van der Waals surface area contributed by atoms with Crippen LogP contribution in [0.25, 0.3) is 0 Å². The van der Waals surface area contributed by atoms with E-state index in [0.29, 0.717) is 0 Å². The summed E-state index contributed by atoms with van der Waals surface area (Å²) in [7, 11) is 0. The van der Waals surface area contributed by atoms with Crippen LogP contribution >= 0.6 is 17.0 Å². The Hall–Kier alpha value is 0.400. The van der Waals surface area contributed by atoms with Gasteiger partial charge in [0.1, 0.15) is 0 Å². The van der Waals surface area contributed by atoms with E-state index >= 15 is 0 Å². The first-order valence-corrected chi connectivity index (χ1v) is 6.28. The number of hydrogen-bond acceptors (Lipinski definition) is 2. The van der Waals surface area contributed by atoms with Gasteiger partial charge in [-0.2, -0.15) is 0 Å². The predicted octanol–water partition coefficient (Wildman–Crippen LogP) is 3.01. The number of ether oxygens (including phenoxy) is 1. The standard InChI is InChI=1S/C12H23NO.BrH/c1-2-4-6-12(7-5-3-1)13-8-10-14-11-9-13;/h12H,1-11H2;1H. The second-order valence-corrected chi connectivity index (χ2v) is 4.65. The van der Waals surface area contributed by atoms with Gasteiger partial charge in [-0.25, -0.2) is 0 Å². The van der Waals surface area contributed by atoms with Crippen LogP contribution in [0.3, 0.4) is 0 Å². The van der Waals surface area contributed by atoms with E-state index in [1.165, 1.54) is 58.0 Å². The molecule has 90 valence electrons. The van der Waals surface area contributed by atoms with Crippen LogP contribution in [0.5, 0.6) is 0 Å². The lowest BCUT2D eigenvalue weighted by Crippen LogP contribution is -2.43. The van der Waals surface area contributed by atoms with Crippen LogP contribution in [-0.2, 0) is 4.74 Å². The molecule has 1 saturated carbocycles. The van der Waals surface area contributed by atoms with Gasteiger partial charge >= 0.3 is 0 Å². The van der Waals surface area contributed by atoms with E-state index in [2.05, 4.69) is 4.90 Å². The first-order valence-electron chi connectivity index (χ1n) is 6.28. The Labute approximate surface area is 104 Å². The van der Waals surface area contributed by atoms with Crippen LogP contribution in [0.2, 0.25) is 0 Å². The summed E-state index contributed by atoms with van der Waals surface area (Å²) in [6.07, 6.45) is 10.1. The lowest BCUT2D eigenvalue weighted by Gasteiger charge is -2.35. The maximum absolute atomic E-state index is 5.40. The molecule has 1 saturated heterocycles. The van der Waals surface area contributed by atoms with E-state index in [0.717, 1.165) is 19.3 Å². The number of hydrogen-bond donors (Lipinski definition) is 0. The van der Waals surface area contributed by atoms with Crippen molar-refractivity contribution in [3.63, 3.8) is 0 Å². The second-order valence-electron chi connectivity index (χ2n) is 4.65. The molecule has 2 rings (SSSR count). The van der Waals surface area contributed by atoms with E-state index in [1.807, 2.05) is 0 Å². The lowest BCUT2D eigenvalue weighted by molar-refractivity contribution is 0.0110. The zero-order chi connectivity index (χ0) is 9.64. The van der Waals surface area contributed by atoms with Crippen molar-refractivity contribution in [2.45, 2.75) is 51.0 Å². The first kappa shape index (κ1) is 13.5. The summed E-state index contributed by atoms with van der Waals surface area (Å²) in [6, 6.07) is 0.874. The number of nitrogens with zero attached hydrogens (tertiary/aromatic N) is 1. The maximum atomic E-state index is 5.40. The van der Waals surface area contributed by atoms with Crippen molar-refractivity contribution in [3.05, 3.63) is 0 Å². The molecule has 0 amide bonds. The highest BCUT2D eigenvalue weighted by molar-refractivity contribution is 8.93. The quantitative estimate of drug-likeness (QED) is 0.731. The van der Waals surface area contributed by atoms with Crippen LogP contribution in [-0.4, -0.2) is 37.2 Å².